The largest absolute Gasteiger partial charge is 0.353 e. The minimum Gasteiger partial charge on any atom is -0.353 e. The van der Waals surface area contributed by atoms with Crippen LogP contribution < -0.4 is 5.32 Å². The predicted molar refractivity (Wildman–Crippen MR) is 73.6 cm³/mol. The van der Waals surface area contributed by atoms with E-state index in [0.29, 0.717) is 0 Å². The molecule has 0 aliphatic rings. The Morgan fingerprint density at radius 2 is 1.81 bits per heavy atom. The molecule has 0 bridgehead atoms. The standard InChI is InChI=1S/C13H11BrClN/c1-9-6-7-11(15)13(8-9)16-12-5-3-2-4-10(12)14/h2-8,16H,1H3. The summed E-state index contributed by atoms with van der Waals surface area (Å²) in [5.74, 6) is 0. The maximum absolute atomic E-state index is 6.12. The van der Waals surface area contributed by atoms with Crippen molar-refractivity contribution in [3.05, 3.63) is 57.5 Å². The zero-order valence-electron chi connectivity index (χ0n) is 8.80. The summed E-state index contributed by atoms with van der Waals surface area (Å²) < 4.78 is 1.02. The van der Waals surface area contributed by atoms with Crippen LogP contribution in [-0.4, -0.2) is 0 Å². The van der Waals surface area contributed by atoms with Crippen LogP contribution in [0.5, 0.6) is 0 Å². The molecule has 3 heteroatoms. The molecule has 0 atom stereocenters. The second kappa shape index (κ2) is 4.89. The molecule has 0 unspecified atom stereocenters. The molecule has 2 aromatic rings. The third-order valence-corrected chi connectivity index (χ3v) is 3.29. The molecule has 0 saturated carbocycles. The summed E-state index contributed by atoms with van der Waals surface area (Å²) in [5.41, 5.74) is 3.11. The number of para-hydroxylation sites is 1. The third-order valence-electron chi connectivity index (χ3n) is 2.27. The van der Waals surface area contributed by atoms with Gasteiger partial charge in [0, 0.05) is 4.47 Å². The fourth-order valence-corrected chi connectivity index (χ4v) is 1.99. The Labute approximate surface area is 109 Å². The van der Waals surface area contributed by atoms with Gasteiger partial charge in [-0.05, 0) is 52.7 Å². The van der Waals surface area contributed by atoms with E-state index >= 15 is 0 Å². The van der Waals surface area contributed by atoms with E-state index in [4.69, 9.17) is 11.6 Å². The molecule has 1 nitrogen and oxygen atoms in total. The molecule has 0 amide bonds. The summed E-state index contributed by atoms with van der Waals surface area (Å²) in [6, 6.07) is 13.9. The summed E-state index contributed by atoms with van der Waals surface area (Å²) in [5, 5.41) is 4.03. The van der Waals surface area contributed by atoms with Gasteiger partial charge < -0.3 is 5.32 Å². The van der Waals surface area contributed by atoms with Gasteiger partial charge in [0.15, 0.2) is 0 Å². The van der Waals surface area contributed by atoms with E-state index in [-0.39, 0.29) is 0 Å². The highest BCUT2D eigenvalue weighted by atomic mass is 79.9. The van der Waals surface area contributed by atoms with Crippen LogP contribution in [0, 0.1) is 6.92 Å². The highest BCUT2D eigenvalue weighted by Crippen LogP contribution is 2.30. The van der Waals surface area contributed by atoms with Crippen molar-refractivity contribution in [2.45, 2.75) is 6.92 Å². The Kier molecular flexibility index (Phi) is 3.52. The SMILES string of the molecule is Cc1ccc(Cl)c(Nc2ccccc2Br)c1. The third kappa shape index (κ3) is 2.57. The molecule has 2 aromatic carbocycles. The molecule has 0 aliphatic carbocycles. The molecular weight excluding hydrogens is 286 g/mol. The van der Waals surface area contributed by atoms with Crippen molar-refractivity contribution in [3.63, 3.8) is 0 Å². The van der Waals surface area contributed by atoms with Crippen LogP contribution in [0.2, 0.25) is 5.02 Å². The number of hydrogen-bond acceptors (Lipinski definition) is 1. The number of aryl methyl sites for hydroxylation is 1. The van der Waals surface area contributed by atoms with Crippen LogP contribution in [0.25, 0.3) is 0 Å². The maximum Gasteiger partial charge on any atom is 0.0641 e. The van der Waals surface area contributed by atoms with Gasteiger partial charge in [0.1, 0.15) is 0 Å². The van der Waals surface area contributed by atoms with E-state index < -0.39 is 0 Å². The molecule has 0 radical (unpaired) electrons. The molecule has 0 saturated heterocycles. The summed E-state index contributed by atoms with van der Waals surface area (Å²) in [4.78, 5) is 0. The van der Waals surface area contributed by atoms with E-state index in [1.54, 1.807) is 0 Å². The van der Waals surface area contributed by atoms with Crippen LogP contribution in [0.4, 0.5) is 11.4 Å². The van der Waals surface area contributed by atoms with Crippen LogP contribution in [-0.2, 0) is 0 Å². The molecular formula is C13H11BrClN. The quantitative estimate of drug-likeness (QED) is 0.807. The first-order valence-electron chi connectivity index (χ1n) is 4.94. The Bertz CT molecular complexity index is 511. The number of anilines is 2. The highest BCUT2D eigenvalue weighted by molar-refractivity contribution is 9.10. The Hall–Kier alpha value is -0.990. The van der Waals surface area contributed by atoms with E-state index in [1.165, 1.54) is 5.56 Å². The van der Waals surface area contributed by atoms with Crippen molar-refractivity contribution in [3.8, 4) is 0 Å². The first kappa shape index (κ1) is 11.5. The molecule has 0 heterocycles. The number of halogens is 2. The number of benzene rings is 2. The monoisotopic (exact) mass is 295 g/mol. The van der Waals surface area contributed by atoms with E-state index in [0.717, 1.165) is 20.9 Å². The zero-order chi connectivity index (χ0) is 11.5. The second-order valence-corrected chi connectivity index (χ2v) is 4.85. The van der Waals surface area contributed by atoms with Gasteiger partial charge in [0.2, 0.25) is 0 Å². The average molecular weight is 297 g/mol. The van der Waals surface area contributed by atoms with Gasteiger partial charge in [0.05, 0.1) is 16.4 Å². The Morgan fingerprint density at radius 1 is 1.06 bits per heavy atom. The topological polar surface area (TPSA) is 12.0 Å². The smallest absolute Gasteiger partial charge is 0.0641 e. The lowest BCUT2D eigenvalue weighted by molar-refractivity contribution is 1.44. The van der Waals surface area contributed by atoms with Crippen LogP contribution in [0.1, 0.15) is 5.56 Å². The van der Waals surface area contributed by atoms with Gasteiger partial charge in [-0.2, -0.15) is 0 Å². The van der Waals surface area contributed by atoms with Crippen LogP contribution in [0.3, 0.4) is 0 Å². The fourth-order valence-electron chi connectivity index (χ4n) is 1.44. The van der Waals surface area contributed by atoms with Gasteiger partial charge >= 0.3 is 0 Å². The van der Waals surface area contributed by atoms with Gasteiger partial charge in [-0.1, -0.05) is 29.8 Å². The summed E-state index contributed by atoms with van der Waals surface area (Å²) in [6.07, 6.45) is 0. The molecule has 0 fully saturated rings. The molecule has 0 aromatic heterocycles. The lowest BCUT2D eigenvalue weighted by atomic mass is 10.2. The van der Waals surface area contributed by atoms with Crippen molar-refractivity contribution in [1.29, 1.82) is 0 Å². The summed E-state index contributed by atoms with van der Waals surface area (Å²) in [6.45, 7) is 2.04. The molecule has 0 aliphatic heterocycles. The van der Waals surface area contributed by atoms with E-state index in [1.807, 2.05) is 49.4 Å². The first-order valence-corrected chi connectivity index (χ1v) is 6.11. The van der Waals surface area contributed by atoms with Crippen molar-refractivity contribution >= 4 is 38.9 Å². The van der Waals surface area contributed by atoms with Gasteiger partial charge in [-0.25, -0.2) is 0 Å². The lowest BCUT2D eigenvalue weighted by Gasteiger charge is -2.10. The Morgan fingerprint density at radius 3 is 2.56 bits per heavy atom. The number of rotatable bonds is 2. The molecule has 0 spiro atoms. The second-order valence-electron chi connectivity index (χ2n) is 3.59. The summed E-state index contributed by atoms with van der Waals surface area (Å²) >= 11 is 9.61. The van der Waals surface area contributed by atoms with E-state index in [2.05, 4.69) is 21.2 Å². The van der Waals surface area contributed by atoms with Gasteiger partial charge in [-0.3, -0.25) is 0 Å². The Balaban J connectivity index is 2.34. The number of hydrogen-bond donors (Lipinski definition) is 1. The normalized spacial score (nSPS) is 10.2. The van der Waals surface area contributed by atoms with Crippen molar-refractivity contribution in [1.82, 2.24) is 0 Å². The van der Waals surface area contributed by atoms with Crippen LogP contribution >= 0.6 is 27.5 Å². The fraction of sp³-hybridized carbons (Fsp3) is 0.0769. The number of nitrogens with one attached hydrogen (secondary N) is 1. The zero-order valence-corrected chi connectivity index (χ0v) is 11.1. The predicted octanol–water partition coefficient (Wildman–Crippen LogP) is 5.15. The first-order chi connectivity index (χ1) is 7.66. The van der Waals surface area contributed by atoms with Crippen molar-refractivity contribution in [2.75, 3.05) is 5.32 Å². The van der Waals surface area contributed by atoms with Gasteiger partial charge in [0.25, 0.3) is 0 Å². The highest BCUT2D eigenvalue weighted by Gasteiger charge is 2.03. The molecule has 1 N–H and O–H groups in total. The minimum atomic E-state index is 0.723. The van der Waals surface area contributed by atoms with Gasteiger partial charge in [-0.15, -0.1) is 0 Å². The summed E-state index contributed by atoms with van der Waals surface area (Å²) in [7, 11) is 0. The minimum absolute atomic E-state index is 0.723. The van der Waals surface area contributed by atoms with E-state index in [9.17, 15) is 0 Å². The van der Waals surface area contributed by atoms with Crippen LogP contribution in [0.15, 0.2) is 46.9 Å². The maximum atomic E-state index is 6.12. The van der Waals surface area contributed by atoms with Crippen molar-refractivity contribution < 1.29 is 0 Å². The van der Waals surface area contributed by atoms with Crippen molar-refractivity contribution in [2.24, 2.45) is 0 Å². The molecule has 16 heavy (non-hydrogen) atoms. The molecule has 2 rings (SSSR count). The average Bonchev–Trinajstić information content (AvgIpc) is 2.27. The lowest BCUT2D eigenvalue weighted by Crippen LogP contribution is -1.92. The molecule has 82 valence electrons.